The van der Waals surface area contributed by atoms with Gasteiger partial charge in [0.1, 0.15) is 0 Å². The average molecular weight is 215 g/mol. The number of piperidine rings is 1. The number of nitrogens with zero attached hydrogens (tertiary/aromatic N) is 2. The zero-order valence-electron chi connectivity index (χ0n) is 9.39. The van der Waals surface area contributed by atoms with E-state index in [0.717, 1.165) is 25.3 Å². The van der Waals surface area contributed by atoms with Gasteiger partial charge in [0.25, 0.3) is 0 Å². The fourth-order valence-corrected chi connectivity index (χ4v) is 2.48. The van der Waals surface area contributed by atoms with E-state index in [0.29, 0.717) is 6.04 Å². The first-order chi connectivity index (χ1) is 7.93. The van der Waals surface area contributed by atoms with Crippen LogP contribution in [0.1, 0.15) is 18.4 Å². The predicted molar refractivity (Wildman–Crippen MR) is 66.0 cm³/mol. The van der Waals surface area contributed by atoms with Gasteiger partial charge in [-0.25, -0.2) is 4.99 Å². The fourth-order valence-electron chi connectivity index (χ4n) is 2.48. The van der Waals surface area contributed by atoms with Gasteiger partial charge in [-0.2, -0.15) is 0 Å². The second-order valence-electron chi connectivity index (χ2n) is 4.55. The quantitative estimate of drug-likeness (QED) is 0.775. The molecule has 0 saturated carbocycles. The summed E-state index contributed by atoms with van der Waals surface area (Å²) in [6, 6.07) is 9.02. The SMILES string of the molecule is C1=Nc2ccccc2CN1C1CCCNC1. The van der Waals surface area contributed by atoms with E-state index in [-0.39, 0.29) is 0 Å². The maximum atomic E-state index is 4.52. The monoisotopic (exact) mass is 215 g/mol. The van der Waals surface area contributed by atoms with Crippen molar-refractivity contribution in [1.82, 2.24) is 10.2 Å². The van der Waals surface area contributed by atoms with Crippen molar-refractivity contribution in [3.8, 4) is 0 Å². The van der Waals surface area contributed by atoms with E-state index in [1.165, 1.54) is 18.4 Å². The van der Waals surface area contributed by atoms with Crippen molar-refractivity contribution in [1.29, 1.82) is 0 Å². The molecule has 0 radical (unpaired) electrons. The number of hydrogen-bond acceptors (Lipinski definition) is 3. The number of para-hydroxylation sites is 1. The van der Waals surface area contributed by atoms with Crippen LogP contribution in [0.4, 0.5) is 5.69 Å². The van der Waals surface area contributed by atoms with Crippen molar-refractivity contribution in [2.24, 2.45) is 4.99 Å². The molecule has 0 aromatic heterocycles. The zero-order chi connectivity index (χ0) is 10.8. The summed E-state index contributed by atoms with van der Waals surface area (Å²) < 4.78 is 0. The molecule has 2 heterocycles. The Labute approximate surface area is 96.2 Å². The van der Waals surface area contributed by atoms with Crippen LogP contribution < -0.4 is 5.32 Å². The number of rotatable bonds is 1. The van der Waals surface area contributed by atoms with Gasteiger partial charge in [-0.05, 0) is 31.0 Å². The van der Waals surface area contributed by atoms with Crippen molar-refractivity contribution in [3.63, 3.8) is 0 Å². The van der Waals surface area contributed by atoms with Gasteiger partial charge in [0.2, 0.25) is 0 Å². The van der Waals surface area contributed by atoms with Gasteiger partial charge >= 0.3 is 0 Å². The van der Waals surface area contributed by atoms with Crippen molar-refractivity contribution in [2.75, 3.05) is 13.1 Å². The molecule has 1 aromatic carbocycles. The lowest BCUT2D eigenvalue weighted by molar-refractivity contribution is 0.255. The third-order valence-electron chi connectivity index (χ3n) is 3.43. The molecule has 1 fully saturated rings. The van der Waals surface area contributed by atoms with Crippen LogP contribution in [-0.4, -0.2) is 30.4 Å². The van der Waals surface area contributed by atoms with Crippen LogP contribution in [0.2, 0.25) is 0 Å². The molecular formula is C13H17N3. The maximum absolute atomic E-state index is 4.52. The highest BCUT2D eigenvalue weighted by Gasteiger charge is 2.21. The van der Waals surface area contributed by atoms with Crippen molar-refractivity contribution in [3.05, 3.63) is 29.8 Å². The van der Waals surface area contributed by atoms with Crippen LogP contribution in [0.5, 0.6) is 0 Å². The summed E-state index contributed by atoms with van der Waals surface area (Å²) in [5, 5.41) is 3.45. The van der Waals surface area contributed by atoms with Crippen molar-refractivity contribution >= 4 is 12.0 Å². The first kappa shape index (κ1) is 9.85. The normalized spacial score (nSPS) is 24.2. The van der Waals surface area contributed by atoms with Crippen LogP contribution >= 0.6 is 0 Å². The minimum Gasteiger partial charge on any atom is -0.354 e. The Hall–Kier alpha value is -1.35. The minimum absolute atomic E-state index is 0.617. The van der Waals surface area contributed by atoms with E-state index in [4.69, 9.17) is 0 Å². The molecule has 3 heteroatoms. The number of fused-ring (bicyclic) bond motifs is 1. The Morgan fingerprint density at radius 2 is 2.25 bits per heavy atom. The molecule has 1 aromatic rings. The Morgan fingerprint density at radius 3 is 3.12 bits per heavy atom. The Kier molecular flexibility index (Phi) is 2.62. The van der Waals surface area contributed by atoms with Gasteiger partial charge in [-0.1, -0.05) is 18.2 Å². The Balaban J connectivity index is 1.77. The molecule has 1 saturated heterocycles. The smallest absolute Gasteiger partial charge is 0.0918 e. The molecule has 3 nitrogen and oxygen atoms in total. The lowest BCUT2D eigenvalue weighted by Gasteiger charge is -2.35. The Bertz CT molecular complexity index is 394. The van der Waals surface area contributed by atoms with E-state index in [1.54, 1.807) is 0 Å². The summed E-state index contributed by atoms with van der Waals surface area (Å²) in [7, 11) is 0. The third-order valence-corrected chi connectivity index (χ3v) is 3.43. The average Bonchev–Trinajstić information content (AvgIpc) is 2.39. The molecule has 2 aliphatic rings. The maximum Gasteiger partial charge on any atom is 0.0918 e. The van der Waals surface area contributed by atoms with Gasteiger partial charge in [0.05, 0.1) is 12.0 Å². The van der Waals surface area contributed by atoms with Crippen molar-refractivity contribution < 1.29 is 0 Å². The van der Waals surface area contributed by atoms with Crippen molar-refractivity contribution in [2.45, 2.75) is 25.4 Å². The summed E-state index contributed by atoms with van der Waals surface area (Å²) in [5.41, 5.74) is 2.47. The summed E-state index contributed by atoms with van der Waals surface area (Å²) in [4.78, 5) is 6.89. The van der Waals surface area contributed by atoms with Gasteiger partial charge < -0.3 is 10.2 Å². The zero-order valence-corrected chi connectivity index (χ0v) is 9.39. The molecule has 1 atom stereocenters. The standard InChI is InChI=1S/C13H17N3/c1-2-6-13-11(4-1)9-16(10-15-13)12-5-3-7-14-8-12/h1-2,4,6,10,12,14H,3,5,7-9H2. The molecule has 0 aliphatic carbocycles. The highest BCUT2D eigenvalue weighted by molar-refractivity contribution is 5.67. The van der Waals surface area contributed by atoms with E-state index in [2.05, 4.69) is 33.4 Å². The highest BCUT2D eigenvalue weighted by atomic mass is 15.2. The molecule has 3 rings (SSSR count). The summed E-state index contributed by atoms with van der Waals surface area (Å²) in [6.45, 7) is 3.26. The second-order valence-corrected chi connectivity index (χ2v) is 4.55. The first-order valence-electron chi connectivity index (χ1n) is 6.02. The largest absolute Gasteiger partial charge is 0.354 e. The highest BCUT2D eigenvalue weighted by Crippen LogP contribution is 2.25. The van der Waals surface area contributed by atoms with E-state index >= 15 is 0 Å². The van der Waals surface area contributed by atoms with Gasteiger partial charge in [-0.15, -0.1) is 0 Å². The summed E-state index contributed by atoms with van der Waals surface area (Å²) in [5.74, 6) is 0. The third kappa shape index (κ3) is 1.83. The molecule has 0 spiro atoms. The predicted octanol–water partition coefficient (Wildman–Crippen LogP) is 1.91. The second kappa shape index (κ2) is 4.26. The molecular weight excluding hydrogens is 198 g/mol. The van der Waals surface area contributed by atoms with Gasteiger partial charge in [0.15, 0.2) is 0 Å². The minimum atomic E-state index is 0.617. The van der Waals surface area contributed by atoms with Crippen LogP contribution in [0.15, 0.2) is 29.3 Å². The molecule has 2 aliphatic heterocycles. The lowest BCUT2D eigenvalue weighted by atomic mass is 10.0. The molecule has 84 valence electrons. The number of benzene rings is 1. The van der Waals surface area contributed by atoms with Gasteiger partial charge in [-0.3, -0.25) is 0 Å². The molecule has 1 N–H and O–H groups in total. The molecule has 0 bridgehead atoms. The number of nitrogens with one attached hydrogen (secondary N) is 1. The number of aliphatic imine (C=N–C) groups is 1. The van der Waals surface area contributed by atoms with Crippen LogP contribution in [-0.2, 0) is 6.54 Å². The van der Waals surface area contributed by atoms with Crippen LogP contribution in [0.25, 0.3) is 0 Å². The van der Waals surface area contributed by atoms with E-state index in [9.17, 15) is 0 Å². The van der Waals surface area contributed by atoms with E-state index < -0.39 is 0 Å². The number of hydrogen-bond donors (Lipinski definition) is 1. The fraction of sp³-hybridized carbons (Fsp3) is 0.462. The Morgan fingerprint density at radius 1 is 1.31 bits per heavy atom. The van der Waals surface area contributed by atoms with E-state index in [1.807, 2.05) is 12.4 Å². The molecule has 16 heavy (non-hydrogen) atoms. The van der Waals surface area contributed by atoms with Crippen LogP contribution in [0.3, 0.4) is 0 Å². The first-order valence-corrected chi connectivity index (χ1v) is 6.02. The summed E-state index contributed by atoms with van der Waals surface area (Å²) >= 11 is 0. The molecule has 0 amide bonds. The topological polar surface area (TPSA) is 27.6 Å². The van der Waals surface area contributed by atoms with Gasteiger partial charge in [0, 0.05) is 19.1 Å². The summed E-state index contributed by atoms with van der Waals surface area (Å²) in [6.07, 6.45) is 4.57. The van der Waals surface area contributed by atoms with Crippen LogP contribution in [0, 0.1) is 0 Å². The lowest BCUT2D eigenvalue weighted by Crippen LogP contribution is -2.45. The molecule has 1 unspecified atom stereocenters.